The van der Waals surface area contributed by atoms with Crippen LogP contribution in [0.15, 0.2) is 95.6 Å². The summed E-state index contributed by atoms with van der Waals surface area (Å²) in [7, 11) is 0. The molecule has 0 spiro atoms. The molecule has 0 aliphatic carbocycles. The number of amides is 3. The molecular weight excluding hydrogens is 455 g/mol. The number of carbonyl (C=O) groups is 3. The maximum atomic E-state index is 13.4. The lowest BCUT2D eigenvalue weighted by Gasteiger charge is -2.17. The van der Waals surface area contributed by atoms with Gasteiger partial charge in [0.25, 0.3) is 11.8 Å². The van der Waals surface area contributed by atoms with Crippen LogP contribution in [0.25, 0.3) is 6.08 Å². The van der Waals surface area contributed by atoms with Crippen molar-refractivity contribution in [3.05, 3.63) is 108 Å². The number of rotatable bonds is 5. The van der Waals surface area contributed by atoms with Crippen molar-refractivity contribution >= 4 is 46.4 Å². The Kier molecular flexibility index (Phi) is 7.14. The van der Waals surface area contributed by atoms with Crippen LogP contribution in [0.5, 0.6) is 0 Å². The summed E-state index contributed by atoms with van der Waals surface area (Å²) in [6.45, 7) is 0. The Morgan fingerprint density at radius 2 is 1.56 bits per heavy atom. The third-order valence-corrected chi connectivity index (χ3v) is 5.64. The molecule has 3 aromatic carbocycles. The van der Waals surface area contributed by atoms with Crippen molar-refractivity contribution in [2.45, 2.75) is 0 Å². The summed E-state index contributed by atoms with van der Waals surface area (Å²) >= 11 is 1.02. The van der Waals surface area contributed by atoms with Gasteiger partial charge in [-0.25, -0.2) is 9.38 Å². The van der Waals surface area contributed by atoms with E-state index in [1.54, 1.807) is 36.4 Å². The van der Waals surface area contributed by atoms with Gasteiger partial charge in [-0.15, -0.1) is 0 Å². The molecule has 7 nitrogen and oxygen atoms in total. The molecule has 0 bridgehead atoms. The number of aliphatic imine (C=N–C) groups is 1. The first-order valence-corrected chi connectivity index (χ1v) is 11.2. The largest absolute Gasteiger partial charge is 0.283 e. The van der Waals surface area contributed by atoms with E-state index in [1.165, 1.54) is 29.2 Å². The van der Waals surface area contributed by atoms with E-state index in [4.69, 9.17) is 0 Å². The van der Waals surface area contributed by atoms with Gasteiger partial charge in [0.1, 0.15) is 11.5 Å². The first-order valence-electron chi connectivity index (χ1n) is 10.2. The van der Waals surface area contributed by atoms with Gasteiger partial charge in [0, 0.05) is 5.56 Å². The number of halogens is 1. The van der Waals surface area contributed by atoms with E-state index in [-0.39, 0.29) is 16.6 Å². The number of hydrogen-bond acceptors (Lipinski definition) is 5. The van der Waals surface area contributed by atoms with E-state index >= 15 is 0 Å². The van der Waals surface area contributed by atoms with E-state index in [0.29, 0.717) is 11.3 Å². The second kappa shape index (κ2) is 10.6. The number of amidine groups is 1. The van der Waals surface area contributed by atoms with Crippen molar-refractivity contribution in [3.8, 4) is 0 Å². The maximum Gasteiger partial charge on any atom is 0.283 e. The lowest BCUT2D eigenvalue weighted by atomic mass is 10.2. The molecule has 1 aliphatic heterocycles. The predicted octanol–water partition coefficient (Wildman–Crippen LogP) is 3.76. The van der Waals surface area contributed by atoms with Crippen molar-refractivity contribution in [1.29, 1.82) is 0 Å². The SMILES string of the molecule is O=C(CSC1=NC(=Cc2ccccc2)C(=O)N1c1ccc(F)cc1)NNC(=O)c1ccccc1. The molecule has 0 saturated heterocycles. The highest BCUT2D eigenvalue weighted by atomic mass is 32.2. The third-order valence-electron chi connectivity index (χ3n) is 4.70. The first-order chi connectivity index (χ1) is 16.5. The van der Waals surface area contributed by atoms with Crippen LogP contribution >= 0.6 is 11.8 Å². The quantitative estimate of drug-likeness (QED) is 0.435. The number of benzene rings is 3. The van der Waals surface area contributed by atoms with Crippen molar-refractivity contribution < 1.29 is 18.8 Å². The number of carbonyl (C=O) groups excluding carboxylic acids is 3. The zero-order chi connectivity index (χ0) is 23.9. The Morgan fingerprint density at radius 1 is 0.912 bits per heavy atom. The summed E-state index contributed by atoms with van der Waals surface area (Å²) in [6.07, 6.45) is 1.65. The number of nitrogens with zero attached hydrogens (tertiary/aromatic N) is 2. The number of nitrogens with one attached hydrogen (secondary N) is 2. The van der Waals surface area contributed by atoms with Gasteiger partial charge in [-0.3, -0.25) is 30.1 Å². The molecule has 0 aromatic heterocycles. The number of thioether (sulfide) groups is 1. The highest BCUT2D eigenvalue weighted by Gasteiger charge is 2.32. The van der Waals surface area contributed by atoms with Crippen molar-refractivity contribution in [3.63, 3.8) is 0 Å². The molecule has 3 aromatic rings. The van der Waals surface area contributed by atoms with Crippen LogP contribution < -0.4 is 15.8 Å². The van der Waals surface area contributed by atoms with Crippen LogP contribution in [-0.4, -0.2) is 28.6 Å². The van der Waals surface area contributed by atoms with E-state index in [9.17, 15) is 18.8 Å². The van der Waals surface area contributed by atoms with Crippen molar-refractivity contribution in [1.82, 2.24) is 10.9 Å². The minimum atomic E-state index is -0.482. The second-order valence-corrected chi connectivity index (χ2v) is 8.05. The first kappa shape index (κ1) is 22.9. The molecule has 9 heteroatoms. The molecule has 3 amide bonds. The van der Waals surface area contributed by atoms with Gasteiger partial charge in [0.2, 0.25) is 5.91 Å². The Balaban J connectivity index is 1.47. The van der Waals surface area contributed by atoms with Gasteiger partial charge in [-0.1, -0.05) is 60.3 Å². The zero-order valence-electron chi connectivity index (χ0n) is 17.8. The Morgan fingerprint density at radius 3 is 2.24 bits per heavy atom. The molecule has 0 atom stereocenters. The monoisotopic (exact) mass is 474 g/mol. The van der Waals surface area contributed by atoms with E-state index in [0.717, 1.165) is 17.3 Å². The minimum absolute atomic E-state index is 0.114. The standard InChI is InChI=1S/C25H19FN4O3S/c26-19-11-13-20(14-12-19)30-24(33)21(15-17-7-3-1-4-8-17)27-25(30)34-16-22(31)28-29-23(32)18-9-5-2-6-10-18/h1-15H,16H2,(H,28,31)(H,29,32). The summed E-state index contributed by atoms with van der Waals surface area (Å²) in [5.74, 6) is -1.87. The molecule has 1 heterocycles. The van der Waals surface area contributed by atoms with Crippen LogP contribution in [0, 0.1) is 5.82 Å². The average Bonchev–Trinajstić information content (AvgIpc) is 3.17. The van der Waals surface area contributed by atoms with Gasteiger partial charge < -0.3 is 0 Å². The number of anilines is 1. The van der Waals surface area contributed by atoms with Crippen LogP contribution in [0.2, 0.25) is 0 Å². The molecule has 34 heavy (non-hydrogen) atoms. The van der Waals surface area contributed by atoms with Crippen molar-refractivity contribution in [2.24, 2.45) is 4.99 Å². The van der Waals surface area contributed by atoms with Crippen LogP contribution in [0.3, 0.4) is 0 Å². The van der Waals surface area contributed by atoms with Crippen LogP contribution in [0.4, 0.5) is 10.1 Å². The van der Waals surface area contributed by atoms with Gasteiger partial charge in [-0.05, 0) is 48.0 Å². The second-order valence-electron chi connectivity index (χ2n) is 7.11. The van der Waals surface area contributed by atoms with Gasteiger partial charge in [0.05, 0.1) is 11.4 Å². The summed E-state index contributed by atoms with van der Waals surface area (Å²) in [4.78, 5) is 43.2. The zero-order valence-corrected chi connectivity index (χ0v) is 18.6. The maximum absolute atomic E-state index is 13.4. The Hall–Kier alpha value is -4.24. The van der Waals surface area contributed by atoms with E-state index in [1.807, 2.05) is 30.3 Å². The molecule has 0 radical (unpaired) electrons. The lowest BCUT2D eigenvalue weighted by Crippen LogP contribution is -2.43. The van der Waals surface area contributed by atoms with E-state index in [2.05, 4.69) is 15.8 Å². The fourth-order valence-electron chi connectivity index (χ4n) is 3.07. The van der Waals surface area contributed by atoms with Crippen molar-refractivity contribution in [2.75, 3.05) is 10.7 Å². The molecule has 4 rings (SSSR count). The highest BCUT2D eigenvalue weighted by molar-refractivity contribution is 8.14. The fourth-order valence-corrected chi connectivity index (χ4v) is 3.89. The fraction of sp³-hybridized carbons (Fsp3) is 0.0400. The molecule has 0 unspecified atom stereocenters. The summed E-state index contributed by atoms with van der Waals surface area (Å²) in [5.41, 5.74) is 6.50. The molecular formula is C25H19FN4O3S. The van der Waals surface area contributed by atoms with Gasteiger partial charge in [-0.2, -0.15) is 0 Å². The summed E-state index contributed by atoms with van der Waals surface area (Å²) in [5, 5.41) is 0.267. The summed E-state index contributed by atoms with van der Waals surface area (Å²) in [6, 6.07) is 23.1. The lowest BCUT2D eigenvalue weighted by molar-refractivity contribution is -0.119. The third kappa shape index (κ3) is 5.57. The Bertz CT molecular complexity index is 1260. The van der Waals surface area contributed by atoms with Gasteiger partial charge in [0.15, 0.2) is 5.17 Å². The molecule has 1 aliphatic rings. The average molecular weight is 475 g/mol. The normalized spacial score (nSPS) is 14.1. The Labute approximate surface area is 199 Å². The molecule has 0 fully saturated rings. The molecule has 170 valence electrons. The predicted molar refractivity (Wildman–Crippen MR) is 130 cm³/mol. The van der Waals surface area contributed by atoms with Crippen LogP contribution in [-0.2, 0) is 9.59 Å². The van der Waals surface area contributed by atoms with Crippen LogP contribution in [0.1, 0.15) is 15.9 Å². The van der Waals surface area contributed by atoms with E-state index < -0.39 is 23.5 Å². The number of hydrazine groups is 1. The minimum Gasteiger partial charge on any atom is -0.272 e. The molecule has 2 N–H and O–H groups in total. The highest BCUT2D eigenvalue weighted by Crippen LogP contribution is 2.29. The molecule has 0 saturated carbocycles. The number of hydrogen-bond donors (Lipinski definition) is 2. The van der Waals surface area contributed by atoms with Gasteiger partial charge >= 0.3 is 0 Å². The smallest absolute Gasteiger partial charge is 0.272 e. The topological polar surface area (TPSA) is 90.9 Å². The summed E-state index contributed by atoms with van der Waals surface area (Å²) < 4.78 is 13.4.